The van der Waals surface area contributed by atoms with Gasteiger partial charge in [0.2, 0.25) is 5.52 Å². The van der Waals surface area contributed by atoms with Crippen LogP contribution in [0.15, 0.2) is 79.0 Å². The van der Waals surface area contributed by atoms with Gasteiger partial charge in [0.15, 0.2) is 12.0 Å². The van der Waals surface area contributed by atoms with Crippen LogP contribution < -0.4 is 4.57 Å². The number of rotatable bonds is 2. The molecule has 4 aromatic heterocycles. The Labute approximate surface area is 269 Å². The van der Waals surface area contributed by atoms with Crippen LogP contribution in [0, 0.1) is 13.8 Å². The molecule has 0 aliphatic heterocycles. The highest BCUT2D eigenvalue weighted by atomic mass is 15.1. The van der Waals surface area contributed by atoms with Crippen LogP contribution in [0.5, 0.6) is 0 Å². The van der Waals surface area contributed by atoms with E-state index >= 15 is 0 Å². The molecule has 8 rings (SSSR count). The van der Waals surface area contributed by atoms with Gasteiger partial charge in [0, 0.05) is 33.2 Å². The van der Waals surface area contributed by atoms with Crippen molar-refractivity contribution in [2.75, 3.05) is 0 Å². The highest BCUT2D eigenvalue weighted by Gasteiger charge is 2.28. The van der Waals surface area contributed by atoms with Crippen LogP contribution in [0.1, 0.15) is 64.3 Å². The van der Waals surface area contributed by atoms with Crippen molar-refractivity contribution in [1.29, 1.82) is 0 Å². The molecule has 5 heteroatoms. The number of benzene rings is 4. The van der Waals surface area contributed by atoms with E-state index in [9.17, 15) is 0 Å². The number of aromatic nitrogens is 5. The summed E-state index contributed by atoms with van der Waals surface area (Å²) < 4.78 is 4.80. The molecule has 0 amide bonds. The minimum atomic E-state index is -0.214. The fraction of sp³-hybridized carbons (Fsp3) is 0.268. The van der Waals surface area contributed by atoms with Gasteiger partial charge in [-0.25, -0.2) is 19.5 Å². The Morgan fingerprint density at radius 1 is 0.630 bits per heavy atom. The van der Waals surface area contributed by atoms with Gasteiger partial charge in [0.05, 0.1) is 27.3 Å². The average Bonchev–Trinajstić information content (AvgIpc) is 3.34. The van der Waals surface area contributed by atoms with Gasteiger partial charge in [-0.1, -0.05) is 84.0 Å². The second-order valence-corrected chi connectivity index (χ2v) is 15.1. The van der Waals surface area contributed by atoms with Gasteiger partial charge in [-0.3, -0.25) is 0 Å². The second kappa shape index (κ2) is 9.56. The van der Waals surface area contributed by atoms with Crippen molar-refractivity contribution in [3.63, 3.8) is 0 Å². The molecule has 0 aliphatic carbocycles. The first-order valence-electron chi connectivity index (χ1n) is 16.2. The summed E-state index contributed by atoms with van der Waals surface area (Å²) in [7, 11) is 2.17. The van der Waals surface area contributed by atoms with E-state index in [-0.39, 0.29) is 10.8 Å². The van der Waals surface area contributed by atoms with Crippen LogP contribution in [-0.4, -0.2) is 19.4 Å². The summed E-state index contributed by atoms with van der Waals surface area (Å²) in [5, 5.41) is 6.28. The lowest BCUT2D eigenvalue weighted by atomic mass is 9.92. The standard InChI is InChI=1S/C41H40N5/c1-23-19-30-29-16-15-26(25-13-11-10-12-14-25)21-31(29)46-32-22-28(37-42-38(40(3,4)5)44-39(43-37)41(6,7)8)20-27-17-18-45(9)36(34(27)32)33(24(23)2)35(30)46/h10-22H,1-9H3/q+1. The maximum absolute atomic E-state index is 5.11. The fourth-order valence-corrected chi connectivity index (χ4v) is 7.02. The van der Waals surface area contributed by atoms with Crippen molar-refractivity contribution in [3.05, 3.63) is 102 Å². The molecule has 0 spiro atoms. The minimum Gasteiger partial charge on any atom is -0.307 e. The molecule has 0 N–H and O–H groups in total. The first-order valence-corrected chi connectivity index (χ1v) is 16.2. The highest BCUT2D eigenvalue weighted by Crippen LogP contribution is 2.43. The summed E-state index contributed by atoms with van der Waals surface area (Å²) in [5.74, 6) is 2.35. The number of hydrogen-bond donors (Lipinski definition) is 0. The van der Waals surface area contributed by atoms with E-state index in [1.165, 1.54) is 65.7 Å². The lowest BCUT2D eigenvalue weighted by Gasteiger charge is -2.23. The summed E-state index contributed by atoms with van der Waals surface area (Å²) in [6.45, 7) is 17.5. The molecule has 0 fully saturated rings. The third-order valence-corrected chi connectivity index (χ3v) is 9.61. The van der Waals surface area contributed by atoms with Crippen molar-refractivity contribution in [3.8, 4) is 22.5 Å². The van der Waals surface area contributed by atoms with Crippen LogP contribution in [0.25, 0.3) is 71.5 Å². The third kappa shape index (κ3) is 4.14. The zero-order valence-corrected chi connectivity index (χ0v) is 28.2. The van der Waals surface area contributed by atoms with Gasteiger partial charge >= 0.3 is 0 Å². The Hall–Kier alpha value is -4.90. The Balaban J connectivity index is 1.58. The molecule has 4 heterocycles. The van der Waals surface area contributed by atoms with Gasteiger partial charge in [0.25, 0.3) is 0 Å². The summed E-state index contributed by atoms with van der Waals surface area (Å²) in [6.07, 6.45) is 2.19. The summed E-state index contributed by atoms with van der Waals surface area (Å²) >= 11 is 0. The number of aryl methyl sites for hydroxylation is 3. The van der Waals surface area contributed by atoms with E-state index in [0.717, 1.165) is 28.6 Å². The Morgan fingerprint density at radius 3 is 1.98 bits per heavy atom. The van der Waals surface area contributed by atoms with Crippen LogP contribution in [0.4, 0.5) is 0 Å². The van der Waals surface area contributed by atoms with Gasteiger partial charge in [-0.05, 0) is 65.8 Å². The first kappa shape index (κ1) is 28.6. The van der Waals surface area contributed by atoms with Crippen LogP contribution in [0.3, 0.4) is 0 Å². The number of pyridine rings is 2. The Kier molecular flexibility index (Phi) is 5.93. The lowest BCUT2D eigenvalue weighted by molar-refractivity contribution is -0.643. The average molecular weight is 603 g/mol. The molecule has 228 valence electrons. The number of hydrogen-bond acceptors (Lipinski definition) is 3. The molecule has 0 atom stereocenters. The van der Waals surface area contributed by atoms with Crippen molar-refractivity contribution >= 4 is 49.0 Å². The Bertz CT molecular complexity index is 2470. The van der Waals surface area contributed by atoms with Gasteiger partial charge in [-0.15, -0.1) is 0 Å². The van der Waals surface area contributed by atoms with Gasteiger partial charge in [0.1, 0.15) is 18.7 Å². The smallest absolute Gasteiger partial charge is 0.224 e. The molecule has 5 nitrogen and oxygen atoms in total. The van der Waals surface area contributed by atoms with E-state index in [0.29, 0.717) is 0 Å². The van der Waals surface area contributed by atoms with Gasteiger partial charge in [-0.2, -0.15) is 0 Å². The summed E-state index contributed by atoms with van der Waals surface area (Å²) in [4.78, 5) is 15.2. The van der Waals surface area contributed by atoms with E-state index in [4.69, 9.17) is 15.0 Å². The fourth-order valence-electron chi connectivity index (χ4n) is 7.02. The zero-order valence-electron chi connectivity index (χ0n) is 28.2. The van der Waals surface area contributed by atoms with Crippen LogP contribution in [-0.2, 0) is 17.9 Å². The minimum absolute atomic E-state index is 0.214. The molecule has 0 saturated heterocycles. The maximum Gasteiger partial charge on any atom is 0.224 e. The largest absolute Gasteiger partial charge is 0.307 e. The topological polar surface area (TPSA) is 47.0 Å². The highest BCUT2D eigenvalue weighted by molar-refractivity contribution is 6.26. The van der Waals surface area contributed by atoms with Crippen molar-refractivity contribution in [2.45, 2.75) is 66.2 Å². The van der Waals surface area contributed by atoms with E-state index < -0.39 is 0 Å². The van der Waals surface area contributed by atoms with Crippen molar-refractivity contribution < 1.29 is 4.57 Å². The van der Waals surface area contributed by atoms with E-state index in [1.807, 2.05) is 0 Å². The Morgan fingerprint density at radius 2 is 1.30 bits per heavy atom. The molecule has 0 radical (unpaired) electrons. The van der Waals surface area contributed by atoms with Crippen molar-refractivity contribution in [1.82, 2.24) is 19.4 Å². The molecule has 0 unspecified atom stereocenters. The number of fused-ring (bicyclic) bond motifs is 5. The second-order valence-electron chi connectivity index (χ2n) is 15.1. The quantitative estimate of drug-likeness (QED) is 0.112. The zero-order chi connectivity index (χ0) is 32.3. The SMILES string of the molecule is Cc1cc2c3ccc(-c4ccccc4)cc3n3c4cc(-c5nc(C(C)(C)C)nc(C(C)(C)C)n5)cc5cc[n+](C)c(c(c1C)c23)c54. The number of nitrogens with zero attached hydrogens (tertiary/aromatic N) is 5. The molecule has 0 saturated carbocycles. The van der Waals surface area contributed by atoms with Crippen LogP contribution in [0.2, 0.25) is 0 Å². The van der Waals surface area contributed by atoms with Crippen molar-refractivity contribution in [2.24, 2.45) is 7.05 Å². The summed E-state index contributed by atoms with van der Waals surface area (Å²) in [5.41, 5.74) is 10.5. The summed E-state index contributed by atoms with van der Waals surface area (Å²) in [6, 6.07) is 26.8. The normalized spacial score (nSPS) is 12.9. The monoisotopic (exact) mass is 602 g/mol. The lowest BCUT2D eigenvalue weighted by Crippen LogP contribution is -2.29. The molecule has 8 aromatic rings. The first-order chi connectivity index (χ1) is 21.8. The molecule has 4 aromatic carbocycles. The predicted molar refractivity (Wildman–Crippen MR) is 191 cm³/mol. The molecular weight excluding hydrogens is 562 g/mol. The van der Waals surface area contributed by atoms with Crippen LogP contribution >= 0.6 is 0 Å². The maximum atomic E-state index is 5.11. The predicted octanol–water partition coefficient (Wildman–Crippen LogP) is 9.55. The van der Waals surface area contributed by atoms with E-state index in [2.05, 4.69) is 150 Å². The third-order valence-electron chi connectivity index (χ3n) is 9.61. The van der Waals surface area contributed by atoms with Gasteiger partial charge < -0.3 is 4.40 Å². The van der Waals surface area contributed by atoms with E-state index in [1.54, 1.807) is 0 Å². The molecular formula is C41H40N5+. The molecule has 0 bridgehead atoms. The molecule has 0 aliphatic rings. The molecule has 46 heavy (non-hydrogen) atoms.